The molecule has 2 aromatic rings. The largest absolute Gasteiger partial charge is 0.508 e. The van der Waals surface area contributed by atoms with Crippen molar-refractivity contribution in [1.29, 1.82) is 0 Å². The fourth-order valence-corrected chi connectivity index (χ4v) is 7.48. The molecule has 0 radical (unpaired) electrons. The van der Waals surface area contributed by atoms with E-state index in [0.717, 1.165) is 38.5 Å². The Bertz CT molecular complexity index is 1290. The SMILES string of the molecule is C[C@]12CC[C@@H]3c4ccc(O)cc4CC[C@H]3[C@@H]1CC[C@@H]2OC(=O)CNC(=O)c1ccc(S(N)(=O)=O)cc1. The number of carbonyl (C=O) groups is 2. The van der Waals surface area contributed by atoms with Crippen molar-refractivity contribution in [3.63, 3.8) is 0 Å². The number of rotatable bonds is 5. The molecule has 0 heterocycles. The molecule has 0 bridgehead atoms. The van der Waals surface area contributed by atoms with Gasteiger partial charge in [-0.25, -0.2) is 13.6 Å². The van der Waals surface area contributed by atoms with Gasteiger partial charge in [0.15, 0.2) is 0 Å². The van der Waals surface area contributed by atoms with Crippen molar-refractivity contribution in [2.45, 2.75) is 62.4 Å². The highest BCUT2D eigenvalue weighted by Crippen LogP contribution is 2.61. The van der Waals surface area contributed by atoms with E-state index in [1.807, 2.05) is 6.07 Å². The average Bonchev–Trinajstić information content (AvgIpc) is 3.17. The first-order valence-electron chi connectivity index (χ1n) is 12.5. The molecule has 4 N–H and O–H groups in total. The van der Waals surface area contributed by atoms with Crippen LogP contribution in [-0.4, -0.2) is 38.0 Å². The van der Waals surface area contributed by atoms with E-state index in [4.69, 9.17) is 9.88 Å². The molecule has 192 valence electrons. The summed E-state index contributed by atoms with van der Waals surface area (Å²) in [7, 11) is -3.84. The van der Waals surface area contributed by atoms with Gasteiger partial charge in [0.05, 0.1) is 4.90 Å². The molecule has 3 aliphatic carbocycles. The van der Waals surface area contributed by atoms with E-state index in [2.05, 4.69) is 18.3 Å². The molecule has 2 aromatic carbocycles. The first kappa shape index (κ1) is 24.8. The van der Waals surface area contributed by atoms with Gasteiger partial charge in [0.2, 0.25) is 10.0 Å². The maximum absolute atomic E-state index is 12.7. The summed E-state index contributed by atoms with van der Waals surface area (Å²) in [5, 5.41) is 17.5. The topological polar surface area (TPSA) is 136 Å². The number of phenolic OH excluding ortho intramolecular Hbond substituents is 1. The van der Waals surface area contributed by atoms with Crippen molar-refractivity contribution in [3.05, 3.63) is 59.2 Å². The average molecular weight is 513 g/mol. The maximum Gasteiger partial charge on any atom is 0.325 e. The zero-order chi connectivity index (χ0) is 25.7. The molecule has 5 rings (SSSR count). The fraction of sp³-hybridized carbons (Fsp3) is 0.481. The Morgan fingerprint density at radius 1 is 1.11 bits per heavy atom. The Morgan fingerprint density at radius 2 is 1.86 bits per heavy atom. The Balaban J connectivity index is 1.19. The molecule has 0 aromatic heterocycles. The van der Waals surface area contributed by atoms with Crippen molar-refractivity contribution in [3.8, 4) is 5.75 Å². The van der Waals surface area contributed by atoms with Crippen molar-refractivity contribution >= 4 is 21.9 Å². The van der Waals surface area contributed by atoms with Crippen LogP contribution < -0.4 is 10.5 Å². The summed E-state index contributed by atoms with van der Waals surface area (Å²) < 4.78 is 28.7. The van der Waals surface area contributed by atoms with Crippen LogP contribution in [0.3, 0.4) is 0 Å². The smallest absolute Gasteiger partial charge is 0.325 e. The van der Waals surface area contributed by atoms with Crippen LogP contribution >= 0.6 is 0 Å². The van der Waals surface area contributed by atoms with Gasteiger partial charge in [0.25, 0.3) is 5.91 Å². The summed E-state index contributed by atoms with van der Waals surface area (Å²) in [6.45, 7) is 1.99. The van der Waals surface area contributed by atoms with Gasteiger partial charge in [-0.2, -0.15) is 0 Å². The standard InChI is InChI=1S/C27H32N2O6S/c1-27-13-12-21-20-9-5-18(30)14-17(20)4-8-22(21)23(27)10-11-24(27)35-25(31)15-29-26(32)16-2-6-19(7-3-16)36(28,33)34/h2-3,5-7,9,14,21-24,30H,4,8,10-13,15H2,1H3,(H,29,32)(H2,28,33,34)/t21-,22-,23+,24+,27+/m1/s1. The van der Waals surface area contributed by atoms with Crippen LogP contribution in [0.15, 0.2) is 47.4 Å². The molecular formula is C27H32N2O6S. The number of esters is 1. The van der Waals surface area contributed by atoms with E-state index in [1.165, 1.54) is 35.4 Å². The van der Waals surface area contributed by atoms with Gasteiger partial charge < -0.3 is 15.2 Å². The number of aromatic hydroxyl groups is 1. The van der Waals surface area contributed by atoms with Gasteiger partial charge in [-0.1, -0.05) is 13.0 Å². The van der Waals surface area contributed by atoms with Crippen LogP contribution in [0.4, 0.5) is 0 Å². The number of phenols is 1. The molecule has 0 saturated heterocycles. The van der Waals surface area contributed by atoms with Crippen LogP contribution in [0, 0.1) is 17.3 Å². The third-order valence-corrected chi connectivity index (χ3v) is 9.66. The fourth-order valence-electron chi connectivity index (χ4n) is 6.97. The molecule has 3 aliphatic rings. The predicted molar refractivity (Wildman–Crippen MR) is 133 cm³/mol. The van der Waals surface area contributed by atoms with Gasteiger partial charge in [-0.3, -0.25) is 9.59 Å². The Kier molecular flexibility index (Phi) is 6.32. The number of amides is 1. The number of ether oxygens (including phenoxy) is 1. The van der Waals surface area contributed by atoms with E-state index in [9.17, 15) is 23.1 Å². The molecule has 0 unspecified atom stereocenters. The number of fused-ring (bicyclic) bond motifs is 5. The zero-order valence-corrected chi connectivity index (χ0v) is 21.1. The van der Waals surface area contributed by atoms with Crippen LogP contribution in [0.1, 0.15) is 66.4 Å². The van der Waals surface area contributed by atoms with Gasteiger partial charge in [-0.05, 0) is 104 Å². The molecule has 36 heavy (non-hydrogen) atoms. The summed E-state index contributed by atoms with van der Waals surface area (Å²) in [6, 6.07) is 11.0. The molecule has 2 fully saturated rings. The van der Waals surface area contributed by atoms with Crippen LogP contribution in [0.25, 0.3) is 0 Å². The second kappa shape index (κ2) is 9.19. The quantitative estimate of drug-likeness (QED) is 0.526. The van der Waals surface area contributed by atoms with Crippen LogP contribution in [0.5, 0.6) is 5.75 Å². The second-order valence-corrected chi connectivity index (χ2v) is 12.2. The van der Waals surface area contributed by atoms with Gasteiger partial charge in [-0.15, -0.1) is 0 Å². The number of nitrogens with two attached hydrogens (primary N) is 1. The summed E-state index contributed by atoms with van der Waals surface area (Å²) >= 11 is 0. The normalized spacial score (nSPS) is 28.9. The Morgan fingerprint density at radius 3 is 2.58 bits per heavy atom. The van der Waals surface area contributed by atoms with Crippen molar-refractivity contribution in [2.24, 2.45) is 22.4 Å². The highest BCUT2D eigenvalue weighted by Gasteiger charge is 2.56. The molecule has 2 saturated carbocycles. The van der Waals surface area contributed by atoms with Crippen molar-refractivity contribution < 1.29 is 27.9 Å². The second-order valence-electron chi connectivity index (χ2n) is 10.7. The predicted octanol–water partition coefficient (Wildman–Crippen LogP) is 3.24. The summed E-state index contributed by atoms with van der Waals surface area (Å²) in [5.41, 5.74) is 2.77. The molecule has 8 nitrogen and oxygen atoms in total. The first-order chi connectivity index (χ1) is 17.1. The van der Waals surface area contributed by atoms with Crippen molar-refractivity contribution in [1.82, 2.24) is 5.32 Å². The molecule has 0 spiro atoms. The molecule has 5 atom stereocenters. The van der Waals surface area contributed by atoms with Gasteiger partial charge in [0, 0.05) is 11.0 Å². The number of carbonyl (C=O) groups excluding carboxylic acids is 2. The number of hydrogen-bond donors (Lipinski definition) is 3. The number of primary sulfonamides is 1. The highest BCUT2D eigenvalue weighted by molar-refractivity contribution is 7.89. The summed E-state index contributed by atoms with van der Waals surface area (Å²) in [4.78, 5) is 25.0. The molecule has 1 amide bonds. The lowest BCUT2D eigenvalue weighted by molar-refractivity contribution is -0.156. The Hall–Kier alpha value is -2.91. The summed E-state index contributed by atoms with van der Waals surface area (Å²) in [6.07, 6.45) is 5.72. The van der Waals surface area contributed by atoms with E-state index in [1.54, 1.807) is 6.07 Å². The van der Waals surface area contributed by atoms with E-state index >= 15 is 0 Å². The number of sulfonamides is 1. The number of benzene rings is 2. The highest BCUT2D eigenvalue weighted by atomic mass is 32.2. The van der Waals surface area contributed by atoms with Crippen LogP contribution in [-0.2, 0) is 26.0 Å². The Labute approximate surface area is 211 Å². The monoisotopic (exact) mass is 512 g/mol. The van der Waals surface area contributed by atoms with E-state index in [-0.39, 0.29) is 28.5 Å². The lowest BCUT2D eigenvalue weighted by Crippen LogP contribution is -2.45. The minimum Gasteiger partial charge on any atom is -0.508 e. The van der Waals surface area contributed by atoms with E-state index < -0.39 is 21.9 Å². The third kappa shape index (κ3) is 4.50. The maximum atomic E-state index is 12.7. The molecule has 9 heteroatoms. The third-order valence-electron chi connectivity index (χ3n) is 8.74. The zero-order valence-electron chi connectivity index (χ0n) is 20.3. The van der Waals surface area contributed by atoms with E-state index in [0.29, 0.717) is 23.5 Å². The number of nitrogens with one attached hydrogen (secondary N) is 1. The van der Waals surface area contributed by atoms with Gasteiger partial charge >= 0.3 is 5.97 Å². The molecule has 0 aliphatic heterocycles. The molecular weight excluding hydrogens is 480 g/mol. The van der Waals surface area contributed by atoms with Crippen LogP contribution in [0.2, 0.25) is 0 Å². The minimum atomic E-state index is -3.84. The first-order valence-corrected chi connectivity index (χ1v) is 14.0. The van der Waals surface area contributed by atoms with Gasteiger partial charge in [0.1, 0.15) is 18.4 Å². The van der Waals surface area contributed by atoms with Crippen molar-refractivity contribution in [2.75, 3.05) is 6.54 Å². The number of aryl methyl sites for hydroxylation is 1. The lowest BCUT2D eigenvalue weighted by atomic mass is 9.55. The summed E-state index contributed by atoms with van der Waals surface area (Å²) in [5.74, 6) is 0.876. The minimum absolute atomic E-state index is 0.0845. The number of hydrogen-bond acceptors (Lipinski definition) is 6. The lowest BCUT2D eigenvalue weighted by Gasteiger charge is -2.50.